The van der Waals surface area contributed by atoms with Crippen molar-refractivity contribution in [2.45, 2.75) is 59.8 Å². The van der Waals surface area contributed by atoms with Crippen LogP contribution in [0.4, 0.5) is 0 Å². The molecule has 2 aliphatic carbocycles. The third-order valence-electron chi connectivity index (χ3n) is 5.90. The quantitative estimate of drug-likeness (QED) is 0.557. The summed E-state index contributed by atoms with van der Waals surface area (Å²) in [6.07, 6.45) is 7.95. The lowest BCUT2D eigenvalue weighted by atomic mass is 9.52. The van der Waals surface area contributed by atoms with Gasteiger partial charge in [-0.1, -0.05) is 45.8 Å². The van der Waals surface area contributed by atoms with Crippen LogP contribution in [0.25, 0.3) is 0 Å². The standard InChI is InChI=1S/C18H30O2/c1-6-13-7-8-15-11-14(17(19)20-5)9-10-18(15,4)16(13)12(2)3/h8,12-14,16H,6-7,9-11H2,1-5H3/t13?,14-,16?,18-/m0/s1. The molecule has 2 unspecified atom stereocenters. The fourth-order valence-electron chi connectivity index (χ4n) is 4.96. The van der Waals surface area contributed by atoms with Gasteiger partial charge in [0.2, 0.25) is 0 Å². The van der Waals surface area contributed by atoms with Crippen LogP contribution in [-0.4, -0.2) is 13.1 Å². The average molecular weight is 278 g/mol. The summed E-state index contributed by atoms with van der Waals surface area (Å²) in [7, 11) is 1.51. The predicted molar refractivity (Wildman–Crippen MR) is 82.3 cm³/mol. The van der Waals surface area contributed by atoms with Gasteiger partial charge in [0.05, 0.1) is 13.0 Å². The number of carbonyl (C=O) groups is 1. The Morgan fingerprint density at radius 1 is 1.50 bits per heavy atom. The molecule has 0 aliphatic heterocycles. The first-order valence-corrected chi connectivity index (χ1v) is 8.21. The lowest BCUT2D eigenvalue weighted by Crippen LogP contribution is -2.44. The molecule has 0 aromatic carbocycles. The number of ether oxygens (including phenoxy) is 1. The van der Waals surface area contributed by atoms with E-state index >= 15 is 0 Å². The monoisotopic (exact) mass is 278 g/mol. The van der Waals surface area contributed by atoms with Gasteiger partial charge < -0.3 is 4.74 Å². The summed E-state index contributed by atoms with van der Waals surface area (Å²) in [6.45, 7) is 9.50. The summed E-state index contributed by atoms with van der Waals surface area (Å²) in [6, 6.07) is 0. The fourth-order valence-corrected chi connectivity index (χ4v) is 4.96. The van der Waals surface area contributed by atoms with Gasteiger partial charge in [-0.05, 0) is 48.9 Å². The van der Waals surface area contributed by atoms with Gasteiger partial charge in [-0.3, -0.25) is 4.79 Å². The van der Waals surface area contributed by atoms with Gasteiger partial charge in [0.15, 0.2) is 0 Å². The van der Waals surface area contributed by atoms with Crippen LogP contribution in [0.3, 0.4) is 0 Å². The minimum atomic E-state index is -0.0216. The lowest BCUT2D eigenvalue weighted by molar-refractivity contribution is -0.146. The maximum absolute atomic E-state index is 11.8. The van der Waals surface area contributed by atoms with Gasteiger partial charge in [-0.2, -0.15) is 0 Å². The maximum atomic E-state index is 11.8. The highest BCUT2D eigenvalue weighted by molar-refractivity contribution is 5.73. The van der Waals surface area contributed by atoms with E-state index in [1.165, 1.54) is 25.5 Å². The first-order chi connectivity index (χ1) is 9.43. The smallest absolute Gasteiger partial charge is 0.308 e. The summed E-state index contributed by atoms with van der Waals surface area (Å²) >= 11 is 0. The van der Waals surface area contributed by atoms with Gasteiger partial charge >= 0.3 is 5.97 Å². The Balaban J connectivity index is 2.26. The molecule has 114 valence electrons. The molecule has 0 saturated heterocycles. The number of methoxy groups -OCH3 is 1. The van der Waals surface area contributed by atoms with E-state index in [0.717, 1.165) is 31.1 Å². The zero-order valence-electron chi connectivity index (χ0n) is 13.7. The zero-order valence-corrected chi connectivity index (χ0v) is 13.7. The van der Waals surface area contributed by atoms with E-state index in [2.05, 4.69) is 33.8 Å². The minimum Gasteiger partial charge on any atom is -0.469 e. The van der Waals surface area contributed by atoms with Crippen molar-refractivity contribution >= 4 is 5.97 Å². The molecule has 2 aliphatic rings. The summed E-state index contributed by atoms with van der Waals surface area (Å²) in [5.41, 5.74) is 1.83. The number of allylic oxidation sites excluding steroid dienone is 2. The summed E-state index contributed by atoms with van der Waals surface area (Å²) in [4.78, 5) is 11.8. The van der Waals surface area contributed by atoms with Crippen molar-refractivity contribution < 1.29 is 9.53 Å². The lowest BCUT2D eigenvalue weighted by Gasteiger charge is -2.52. The van der Waals surface area contributed by atoms with Crippen LogP contribution in [0.5, 0.6) is 0 Å². The fraction of sp³-hybridized carbons (Fsp3) is 0.833. The SMILES string of the molecule is CCC1CC=C2C[C@@H](C(=O)OC)CC[C@]2(C)C1C(C)C. The third kappa shape index (κ3) is 2.54. The van der Waals surface area contributed by atoms with Crippen LogP contribution < -0.4 is 0 Å². The average Bonchev–Trinajstić information content (AvgIpc) is 2.43. The normalized spacial score (nSPS) is 37.3. The van der Waals surface area contributed by atoms with Gasteiger partial charge in [-0.25, -0.2) is 0 Å². The van der Waals surface area contributed by atoms with E-state index in [1.807, 2.05) is 0 Å². The molecule has 0 N–H and O–H groups in total. The van der Waals surface area contributed by atoms with Crippen molar-refractivity contribution in [2.24, 2.45) is 29.1 Å². The molecular formula is C18H30O2. The topological polar surface area (TPSA) is 26.3 Å². The Morgan fingerprint density at radius 2 is 2.20 bits per heavy atom. The van der Waals surface area contributed by atoms with Crippen LogP contribution in [0.15, 0.2) is 11.6 Å². The van der Waals surface area contributed by atoms with E-state index in [4.69, 9.17) is 4.74 Å². The summed E-state index contributed by atoms with van der Waals surface area (Å²) in [5, 5.41) is 0. The Labute approximate surface area is 124 Å². The second kappa shape index (κ2) is 5.91. The van der Waals surface area contributed by atoms with Crippen molar-refractivity contribution in [2.75, 3.05) is 7.11 Å². The molecule has 2 rings (SSSR count). The van der Waals surface area contributed by atoms with Crippen molar-refractivity contribution in [3.05, 3.63) is 11.6 Å². The molecule has 1 fully saturated rings. The maximum Gasteiger partial charge on any atom is 0.308 e. The van der Waals surface area contributed by atoms with Gasteiger partial charge in [-0.15, -0.1) is 0 Å². The minimum absolute atomic E-state index is 0.0216. The summed E-state index contributed by atoms with van der Waals surface area (Å²) in [5.74, 6) is 2.34. The number of hydrogen-bond acceptors (Lipinski definition) is 2. The highest BCUT2D eigenvalue weighted by Crippen LogP contribution is 2.56. The zero-order chi connectivity index (χ0) is 14.9. The van der Waals surface area contributed by atoms with Crippen LogP contribution >= 0.6 is 0 Å². The van der Waals surface area contributed by atoms with Gasteiger partial charge in [0, 0.05) is 0 Å². The molecule has 2 nitrogen and oxygen atoms in total. The molecule has 2 heteroatoms. The second-order valence-electron chi connectivity index (χ2n) is 7.28. The number of hydrogen-bond donors (Lipinski definition) is 0. The molecule has 1 saturated carbocycles. The number of fused-ring (bicyclic) bond motifs is 1. The highest BCUT2D eigenvalue weighted by atomic mass is 16.5. The largest absolute Gasteiger partial charge is 0.469 e. The Hall–Kier alpha value is -0.790. The molecule has 0 amide bonds. The van der Waals surface area contributed by atoms with Crippen LogP contribution in [0, 0.1) is 29.1 Å². The van der Waals surface area contributed by atoms with Crippen molar-refractivity contribution in [1.82, 2.24) is 0 Å². The van der Waals surface area contributed by atoms with E-state index in [-0.39, 0.29) is 11.9 Å². The molecule has 0 aromatic heterocycles. The predicted octanol–water partition coefficient (Wildman–Crippen LogP) is 4.59. The molecule has 0 heterocycles. The molecule has 4 atom stereocenters. The van der Waals surface area contributed by atoms with E-state index < -0.39 is 0 Å². The Morgan fingerprint density at radius 3 is 2.75 bits per heavy atom. The highest BCUT2D eigenvalue weighted by Gasteiger charge is 2.48. The number of carbonyl (C=O) groups excluding carboxylic acids is 1. The molecule has 0 radical (unpaired) electrons. The molecule has 0 bridgehead atoms. The molecule has 20 heavy (non-hydrogen) atoms. The number of esters is 1. The van der Waals surface area contributed by atoms with Gasteiger partial charge in [0.25, 0.3) is 0 Å². The van der Waals surface area contributed by atoms with E-state index in [1.54, 1.807) is 0 Å². The molecule has 0 aromatic rings. The van der Waals surface area contributed by atoms with Gasteiger partial charge in [0.1, 0.15) is 0 Å². The Bertz CT molecular complexity index is 396. The first kappa shape index (κ1) is 15.6. The van der Waals surface area contributed by atoms with Crippen molar-refractivity contribution in [3.8, 4) is 0 Å². The number of rotatable bonds is 3. The first-order valence-electron chi connectivity index (χ1n) is 8.21. The van der Waals surface area contributed by atoms with Crippen LogP contribution in [-0.2, 0) is 9.53 Å². The third-order valence-corrected chi connectivity index (χ3v) is 5.90. The second-order valence-corrected chi connectivity index (χ2v) is 7.28. The molecular weight excluding hydrogens is 248 g/mol. The molecule has 0 spiro atoms. The van der Waals surface area contributed by atoms with E-state index in [0.29, 0.717) is 11.3 Å². The van der Waals surface area contributed by atoms with Crippen molar-refractivity contribution in [3.63, 3.8) is 0 Å². The van der Waals surface area contributed by atoms with Crippen molar-refractivity contribution in [1.29, 1.82) is 0 Å². The Kier molecular flexibility index (Phi) is 4.61. The van der Waals surface area contributed by atoms with Crippen LogP contribution in [0.2, 0.25) is 0 Å². The van der Waals surface area contributed by atoms with E-state index in [9.17, 15) is 4.79 Å². The summed E-state index contributed by atoms with van der Waals surface area (Å²) < 4.78 is 4.95. The van der Waals surface area contributed by atoms with Crippen LogP contribution in [0.1, 0.15) is 59.8 Å².